The van der Waals surface area contributed by atoms with Gasteiger partial charge in [0.05, 0.1) is 30.1 Å². The van der Waals surface area contributed by atoms with Gasteiger partial charge in [0.2, 0.25) is 5.91 Å². The van der Waals surface area contributed by atoms with E-state index in [1.54, 1.807) is 70.7 Å². The molecule has 2 aromatic heterocycles. The summed E-state index contributed by atoms with van der Waals surface area (Å²) in [6.07, 6.45) is 0. The Morgan fingerprint density at radius 2 is 2.17 bits per heavy atom. The minimum atomic E-state index is -0.492. The average Bonchev–Trinajstić information content (AvgIpc) is 3.52. The topological polar surface area (TPSA) is 71.5 Å². The molecule has 0 aliphatic carbocycles. The highest BCUT2D eigenvalue weighted by atomic mass is 32.2. The number of hydrogen-bond acceptors (Lipinski definition) is 7. The molecule has 1 fully saturated rings. The first-order chi connectivity index (χ1) is 14.2. The number of carbonyl (C=O) groups excluding carboxylic acids is 2. The van der Waals surface area contributed by atoms with Crippen LogP contribution in [0.15, 0.2) is 47.2 Å². The van der Waals surface area contributed by atoms with Crippen molar-refractivity contribution in [1.29, 1.82) is 0 Å². The molecule has 0 spiro atoms. The molecule has 0 radical (unpaired) electrons. The molecule has 1 saturated heterocycles. The summed E-state index contributed by atoms with van der Waals surface area (Å²) in [4.78, 5) is 33.0. The van der Waals surface area contributed by atoms with E-state index >= 15 is 0 Å². The molecule has 3 heterocycles. The zero-order valence-electron chi connectivity index (χ0n) is 15.7. The van der Waals surface area contributed by atoms with Crippen molar-refractivity contribution in [3.05, 3.63) is 58.4 Å². The summed E-state index contributed by atoms with van der Waals surface area (Å²) >= 11 is 4.78. The number of rotatable bonds is 6. The number of nitrogens with one attached hydrogen (secondary N) is 1. The average molecular weight is 446 g/mol. The zero-order valence-corrected chi connectivity index (χ0v) is 18.1. The van der Waals surface area contributed by atoms with Crippen LogP contribution in [-0.4, -0.2) is 46.5 Å². The number of benzene rings is 1. The number of thiophene rings is 1. The van der Waals surface area contributed by atoms with Crippen LogP contribution >= 0.6 is 34.4 Å². The molecule has 4 rings (SSSR count). The van der Waals surface area contributed by atoms with Gasteiger partial charge in [0, 0.05) is 16.7 Å². The second-order valence-corrected chi connectivity index (χ2v) is 9.17. The van der Waals surface area contributed by atoms with E-state index < -0.39 is 6.04 Å². The number of amides is 2. The normalized spacial score (nSPS) is 16.0. The summed E-state index contributed by atoms with van der Waals surface area (Å²) in [5.74, 6) is 1.38. The van der Waals surface area contributed by atoms with E-state index in [1.807, 2.05) is 22.9 Å². The lowest BCUT2D eigenvalue weighted by Gasteiger charge is -2.23. The van der Waals surface area contributed by atoms with Crippen molar-refractivity contribution in [1.82, 2.24) is 15.2 Å². The Labute approximate surface area is 180 Å². The predicted octanol–water partition coefficient (Wildman–Crippen LogP) is 3.71. The molecule has 1 N–H and O–H groups in total. The molecule has 1 atom stereocenters. The van der Waals surface area contributed by atoms with Crippen LogP contribution in [0.5, 0.6) is 5.75 Å². The molecule has 3 aromatic rings. The van der Waals surface area contributed by atoms with Crippen LogP contribution in [0.4, 0.5) is 0 Å². The summed E-state index contributed by atoms with van der Waals surface area (Å²) in [5, 5.41) is 7.86. The summed E-state index contributed by atoms with van der Waals surface area (Å²) < 4.78 is 5.20. The van der Waals surface area contributed by atoms with E-state index in [0.717, 1.165) is 15.6 Å². The van der Waals surface area contributed by atoms with Crippen LogP contribution in [0.2, 0.25) is 0 Å². The largest absolute Gasteiger partial charge is 0.497 e. The quantitative estimate of drug-likeness (QED) is 0.626. The van der Waals surface area contributed by atoms with Gasteiger partial charge in [-0.2, -0.15) is 0 Å². The fourth-order valence-electron chi connectivity index (χ4n) is 2.98. The van der Waals surface area contributed by atoms with Crippen LogP contribution in [0.3, 0.4) is 0 Å². The third-order valence-electron chi connectivity index (χ3n) is 4.49. The maximum Gasteiger partial charge on any atom is 0.255 e. The van der Waals surface area contributed by atoms with Crippen molar-refractivity contribution in [3.8, 4) is 15.6 Å². The van der Waals surface area contributed by atoms with E-state index in [9.17, 15) is 9.59 Å². The third kappa shape index (κ3) is 4.47. The molecule has 6 nitrogen and oxygen atoms in total. The van der Waals surface area contributed by atoms with Gasteiger partial charge in [-0.15, -0.1) is 34.4 Å². The Morgan fingerprint density at radius 3 is 2.97 bits per heavy atom. The van der Waals surface area contributed by atoms with Gasteiger partial charge in [0.15, 0.2) is 0 Å². The lowest BCUT2D eigenvalue weighted by atomic mass is 10.1. The number of hydrogen-bond donors (Lipinski definition) is 1. The van der Waals surface area contributed by atoms with Crippen LogP contribution in [0.1, 0.15) is 16.1 Å². The van der Waals surface area contributed by atoms with Gasteiger partial charge in [-0.1, -0.05) is 12.1 Å². The molecular weight excluding hydrogens is 426 g/mol. The standard InChI is InChI=1S/C20H19N3O3S3/c1-26-15-5-2-4-13(8-15)20(25)23-12-27-11-16(23)18(24)21-9-14-10-29-19(22-14)17-6-3-7-28-17/h2-8,10,16H,9,11-12H2,1H3,(H,21,24)/t16-/m1/s1. The van der Waals surface area contributed by atoms with Crippen LogP contribution in [-0.2, 0) is 11.3 Å². The van der Waals surface area contributed by atoms with Crippen LogP contribution < -0.4 is 10.1 Å². The lowest BCUT2D eigenvalue weighted by Crippen LogP contribution is -2.47. The predicted molar refractivity (Wildman–Crippen MR) is 118 cm³/mol. The third-order valence-corrected chi connectivity index (χ3v) is 7.43. The Bertz CT molecular complexity index is 1000. The van der Waals surface area contributed by atoms with Crippen LogP contribution in [0, 0.1) is 0 Å². The van der Waals surface area contributed by atoms with Crippen molar-refractivity contribution < 1.29 is 14.3 Å². The molecular formula is C20H19N3O3S3. The van der Waals surface area contributed by atoms with Crippen LogP contribution in [0.25, 0.3) is 9.88 Å². The molecule has 1 aliphatic rings. The van der Waals surface area contributed by atoms with Gasteiger partial charge in [-0.25, -0.2) is 4.98 Å². The number of nitrogens with zero attached hydrogens (tertiary/aromatic N) is 2. The molecule has 29 heavy (non-hydrogen) atoms. The first-order valence-corrected chi connectivity index (χ1v) is 11.9. The number of methoxy groups -OCH3 is 1. The number of ether oxygens (including phenoxy) is 1. The monoisotopic (exact) mass is 445 g/mol. The first-order valence-electron chi connectivity index (χ1n) is 8.94. The minimum Gasteiger partial charge on any atom is -0.497 e. The van der Waals surface area contributed by atoms with Gasteiger partial charge < -0.3 is 15.0 Å². The van der Waals surface area contributed by atoms with E-state index in [1.165, 1.54) is 0 Å². The number of thioether (sulfide) groups is 1. The fraction of sp³-hybridized carbons (Fsp3) is 0.250. The SMILES string of the molecule is COc1cccc(C(=O)N2CSC[C@@H]2C(=O)NCc2csc(-c3cccs3)n2)c1. The lowest BCUT2D eigenvalue weighted by molar-refractivity contribution is -0.124. The van der Waals surface area contributed by atoms with Gasteiger partial charge in [0.1, 0.15) is 16.8 Å². The highest BCUT2D eigenvalue weighted by Gasteiger charge is 2.35. The summed E-state index contributed by atoms with van der Waals surface area (Å²) in [6.45, 7) is 0.350. The van der Waals surface area contributed by atoms with Crippen molar-refractivity contribution in [2.75, 3.05) is 18.7 Å². The number of aromatic nitrogens is 1. The summed E-state index contributed by atoms with van der Waals surface area (Å²) in [6, 6.07) is 10.5. The second-order valence-electron chi connectivity index (χ2n) is 6.36. The number of thiazole rings is 1. The van der Waals surface area contributed by atoms with Crippen molar-refractivity contribution in [2.24, 2.45) is 0 Å². The van der Waals surface area contributed by atoms with Crippen molar-refractivity contribution in [3.63, 3.8) is 0 Å². The Balaban J connectivity index is 1.39. The minimum absolute atomic E-state index is 0.156. The van der Waals surface area contributed by atoms with Gasteiger partial charge in [0.25, 0.3) is 5.91 Å². The van der Waals surface area contributed by atoms with Crippen molar-refractivity contribution in [2.45, 2.75) is 12.6 Å². The number of carbonyl (C=O) groups is 2. The molecule has 2 amide bonds. The van der Waals surface area contributed by atoms with E-state index in [-0.39, 0.29) is 11.8 Å². The Kier molecular flexibility index (Phi) is 6.17. The van der Waals surface area contributed by atoms with Gasteiger partial charge in [-0.3, -0.25) is 9.59 Å². The second kappa shape index (κ2) is 8.98. The first kappa shape index (κ1) is 19.9. The highest BCUT2D eigenvalue weighted by molar-refractivity contribution is 7.99. The molecule has 0 unspecified atom stereocenters. The molecule has 1 aromatic carbocycles. The Morgan fingerprint density at radius 1 is 1.28 bits per heavy atom. The molecule has 1 aliphatic heterocycles. The van der Waals surface area contributed by atoms with Crippen molar-refractivity contribution >= 4 is 46.2 Å². The fourth-order valence-corrected chi connectivity index (χ4v) is 5.77. The summed E-state index contributed by atoms with van der Waals surface area (Å²) in [5.41, 5.74) is 1.34. The zero-order chi connectivity index (χ0) is 20.2. The Hall–Kier alpha value is -2.36. The maximum absolute atomic E-state index is 12.9. The molecule has 150 valence electrons. The van der Waals surface area contributed by atoms with Gasteiger partial charge in [-0.05, 0) is 29.6 Å². The smallest absolute Gasteiger partial charge is 0.255 e. The molecule has 0 saturated carbocycles. The summed E-state index contributed by atoms with van der Waals surface area (Å²) in [7, 11) is 1.56. The van der Waals surface area contributed by atoms with Gasteiger partial charge >= 0.3 is 0 Å². The molecule has 9 heteroatoms. The van der Waals surface area contributed by atoms with E-state index in [0.29, 0.717) is 29.5 Å². The van der Waals surface area contributed by atoms with E-state index in [2.05, 4.69) is 10.3 Å². The molecule has 0 bridgehead atoms. The maximum atomic E-state index is 12.9. The van der Waals surface area contributed by atoms with E-state index in [4.69, 9.17) is 4.74 Å². The highest BCUT2D eigenvalue weighted by Crippen LogP contribution is 2.28.